The van der Waals surface area contributed by atoms with Gasteiger partial charge in [-0.2, -0.15) is 0 Å². The van der Waals surface area contributed by atoms with Crippen LogP contribution in [0.2, 0.25) is 10.0 Å². The Kier molecular flexibility index (Phi) is 10.6. The van der Waals surface area contributed by atoms with Gasteiger partial charge < -0.3 is 18.9 Å². The van der Waals surface area contributed by atoms with Gasteiger partial charge in [0.1, 0.15) is 24.2 Å². The molecule has 0 aliphatic heterocycles. The maximum atomic E-state index is 13.1. The molecule has 0 heterocycles. The molecule has 0 unspecified atom stereocenters. The van der Waals surface area contributed by atoms with Crippen LogP contribution in [0.3, 0.4) is 0 Å². The van der Waals surface area contributed by atoms with Gasteiger partial charge in [-0.15, -0.1) is 11.6 Å². The van der Waals surface area contributed by atoms with Crippen LogP contribution >= 0.6 is 34.8 Å². The van der Waals surface area contributed by atoms with E-state index in [1.54, 1.807) is 7.11 Å². The molecule has 0 saturated heterocycles. The molecule has 0 radical (unpaired) electrons. The number of hydrogen-bond acceptors (Lipinski definition) is 7. The van der Waals surface area contributed by atoms with Gasteiger partial charge in [-0.1, -0.05) is 30.1 Å². The fourth-order valence-corrected chi connectivity index (χ4v) is 4.82. The molecular weight excluding hydrogens is 515 g/mol. The molecule has 0 amide bonds. The first-order valence-corrected chi connectivity index (χ1v) is 12.7. The van der Waals surface area contributed by atoms with Crippen molar-refractivity contribution in [2.75, 3.05) is 32.8 Å². The van der Waals surface area contributed by atoms with Crippen molar-refractivity contribution in [1.82, 2.24) is 0 Å². The number of hydrogen-bond donors (Lipinski definition) is 0. The average molecular weight is 540 g/mol. The van der Waals surface area contributed by atoms with Crippen molar-refractivity contribution in [3.05, 3.63) is 46.4 Å². The highest BCUT2D eigenvalue weighted by atomic mass is 35.5. The number of alkyl halides is 1. The molecule has 2 atom stereocenters. The summed E-state index contributed by atoms with van der Waals surface area (Å²) >= 11 is 18.2. The third-order valence-corrected chi connectivity index (χ3v) is 7.02. The Morgan fingerprint density at radius 2 is 1.45 bits per heavy atom. The lowest BCUT2D eigenvalue weighted by atomic mass is 10.2. The monoisotopic (exact) mass is 538 g/mol. The molecule has 0 aromatic heterocycles. The number of halogens is 3. The second-order valence-corrected chi connectivity index (χ2v) is 10.3. The van der Waals surface area contributed by atoms with Crippen molar-refractivity contribution in [3.63, 3.8) is 0 Å². The van der Waals surface area contributed by atoms with E-state index < -0.39 is 21.9 Å². The first-order valence-electron chi connectivity index (χ1n) is 9.90. The maximum absolute atomic E-state index is 13.1. The molecule has 0 aliphatic carbocycles. The SMILES string of the molecule is COC[C@H](C)COc1ccc(S(=O)(=O)c2ccc(OC[C@H](CCl)OC(C)=O)c(Cl)c2)cc1Cl. The summed E-state index contributed by atoms with van der Waals surface area (Å²) in [5.41, 5.74) is 0. The Hall–Kier alpha value is -1.71. The van der Waals surface area contributed by atoms with Crippen LogP contribution in [0.5, 0.6) is 11.5 Å². The van der Waals surface area contributed by atoms with E-state index in [0.29, 0.717) is 19.0 Å². The normalized spacial score (nSPS) is 13.3. The molecule has 11 heteroatoms. The van der Waals surface area contributed by atoms with Crippen LogP contribution in [-0.2, 0) is 24.1 Å². The molecular formula is C22H25Cl3O7S. The standard InChI is InChI=1S/C22H25Cl3O7S/c1-14(11-29-3)12-30-21-6-4-17(8-19(21)24)33(27,28)18-5-7-22(20(25)9-18)31-13-16(10-23)32-15(2)26/h4-9,14,16H,10-13H2,1-3H3/t14-,16-/m0/s1. The minimum atomic E-state index is -3.90. The van der Waals surface area contributed by atoms with Gasteiger partial charge in [0.2, 0.25) is 9.84 Å². The molecule has 0 fully saturated rings. The maximum Gasteiger partial charge on any atom is 0.303 e. The molecule has 2 aromatic carbocycles. The summed E-state index contributed by atoms with van der Waals surface area (Å²) < 4.78 is 47.4. The molecule has 0 spiro atoms. The summed E-state index contributed by atoms with van der Waals surface area (Å²) in [4.78, 5) is 11.0. The van der Waals surface area contributed by atoms with E-state index in [0.717, 1.165) is 0 Å². The van der Waals surface area contributed by atoms with Gasteiger partial charge in [0.15, 0.2) is 0 Å². The lowest BCUT2D eigenvalue weighted by molar-refractivity contribution is -0.146. The van der Waals surface area contributed by atoms with Crippen LogP contribution in [0.25, 0.3) is 0 Å². The van der Waals surface area contributed by atoms with Crippen LogP contribution in [0, 0.1) is 5.92 Å². The van der Waals surface area contributed by atoms with Crippen molar-refractivity contribution < 1.29 is 32.2 Å². The molecule has 0 N–H and O–H groups in total. The van der Waals surface area contributed by atoms with E-state index in [9.17, 15) is 13.2 Å². The van der Waals surface area contributed by atoms with E-state index in [2.05, 4.69) is 0 Å². The first kappa shape index (κ1) is 27.5. The Morgan fingerprint density at radius 1 is 0.939 bits per heavy atom. The number of methoxy groups -OCH3 is 1. The molecule has 33 heavy (non-hydrogen) atoms. The van der Waals surface area contributed by atoms with Gasteiger partial charge in [-0.05, 0) is 36.4 Å². The van der Waals surface area contributed by atoms with Crippen LogP contribution in [0.1, 0.15) is 13.8 Å². The lowest BCUT2D eigenvalue weighted by Gasteiger charge is -2.16. The summed E-state index contributed by atoms with van der Waals surface area (Å²) in [6.07, 6.45) is -0.663. The fourth-order valence-electron chi connectivity index (χ4n) is 2.76. The van der Waals surface area contributed by atoms with Gasteiger partial charge in [-0.25, -0.2) is 8.42 Å². The number of carbonyl (C=O) groups excluding carboxylic acids is 1. The Bertz CT molecular complexity index is 1060. The van der Waals surface area contributed by atoms with Crippen LogP contribution in [0.4, 0.5) is 0 Å². The number of sulfone groups is 1. The molecule has 2 rings (SSSR count). The van der Waals surface area contributed by atoms with E-state index >= 15 is 0 Å². The second kappa shape index (κ2) is 12.7. The highest BCUT2D eigenvalue weighted by molar-refractivity contribution is 7.91. The van der Waals surface area contributed by atoms with Crippen molar-refractivity contribution in [2.24, 2.45) is 5.92 Å². The van der Waals surface area contributed by atoms with Crippen LogP contribution in [0.15, 0.2) is 46.2 Å². The molecule has 0 bridgehead atoms. The van der Waals surface area contributed by atoms with Crippen molar-refractivity contribution >= 4 is 50.6 Å². The quantitative estimate of drug-likeness (QED) is 0.276. The lowest BCUT2D eigenvalue weighted by Crippen LogP contribution is -2.25. The Morgan fingerprint density at radius 3 is 1.88 bits per heavy atom. The summed E-state index contributed by atoms with van der Waals surface area (Å²) in [5.74, 6) is 0.296. The number of benzene rings is 2. The van der Waals surface area contributed by atoms with E-state index in [1.807, 2.05) is 6.92 Å². The predicted octanol–water partition coefficient (Wildman–Crippen LogP) is 5.04. The predicted molar refractivity (Wildman–Crippen MR) is 127 cm³/mol. The summed E-state index contributed by atoms with van der Waals surface area (Å²) in [6, 6.07) is 8.32. The van der Waals surface area contributed by atoms with E-state index in [4.69, 9.17) is 53.8 Å². The number of esters is 1. The largest absolute Gasteiger partial charge is 0.492 e. The summed E-state index contributed by atoms with van der Waals surface area (Å²) in [7, 11) is -2.29. The summed E-state index contributed by atoms with van der Waals surface area (Å²) in [6.45, 7) is 4.09. The fraction of sp³-hybridized carbons (Fsp3) is 0.409. The minimum absolute atomic E-state index is 0.00779. The molecule has 0 saturated carbocycles. The van der Waals surface area contributed by atoms with E-state index in [1.165, 1.54) is 43.3 Å². The smallest absolute Gasteiger partial charge is 0.303 e. The zero-order chi connectivity index (χ0) is 24.6. The average Bonchev–Trinajstić information content (AvgIpc) is 2.76. The van der Waals surface area contributed by atoms with E-state index in [-0.39, 0.29) is 44.0 Å². The molecule has 2 aromatic rings. The van der Waals surface area contributed by atoms with Crippen molar-refractivity contribution in [1.29, 1.82) is 0 Å². The topological polar surface area (TPSA) is 88.1 Å². The van der Waals surface area contributed by atoms with Gasteiger partial charge in [-0.3, -0.25) is 4.79 Å². The zero-order valence-corrected chi connectivity index (χ0v) is 21.4. The molecule has 0 aliphatic rings. The van der Waals surface area contributed by atoms with Gasteiger partial charge >= 0.3 is 5.97 Å². The third kappa shape index (κ3) is 7.93. The number of carbonyl (C=O) groups is 1. The third-order valence-electron chi connectivity index (χ3n) is 4.33. The summed E-state index contributed by atoms with van der Waals surface area (Å²) in [5, 5.41) is 0.245. The van der Waals surface area contributed by atoms with Gasteiger partial charge in [0.25, 0.3) is 0 Å². The Balaban J connectivity index is 2.15. The van der Waals surface area contributed by atoms with Gasteiger partial charge in [0, 0.05) is 20.0 Å². The van der Waals surface area contributed by atoms with Crippen LogP contribution < -0.4 is 9.47 Å². The first-order chi connectivity index (χ1) is 15.6. The molecule has 7 nitrogen and oxygen atoms in total. The highest BCUT2D eigenvalue weighted by Crippen LogP contribution is 2.33. The zero-order valence-electron chi connectivity index (χ0n) is 18.3. The molecule has 182 valence electrons. The van der Waals surface area contributed by atoms with Gasteiger partial charge in [0.05, 0.1) is 38.9 Å². The van der Waals surface area contributed by atoms with Crippen LogP contribution in [-0.4, -0.2) is 53.3 Å². The second-order valence-electron chi connectivity index (χ2n) is 7.26. The van der Waals surface area contributed by atoms with Crippen molar-refractivity contribution in [2.45, 2.75) is 29.7 Å². The van der Waals surface area contributed by atoms with Crippen molar-refractivity contribution in [3.8, 4) is 11.5 Å². The number of ether oxygens (including phenoxy) is 4. The highest BCUT2D eigenvalue weighted by Gasteiger charge is 2.21. The Labute approximate surface area is 208 Å². The minimum Gasteiger partial charge on any atom is -0.492 e. The number of rotatable bonds is 12.